The van der Waals surface area contributed by atoms with Gasteiger partial charge < -0.3 is 21.1 Å². The van der Waals surface area contributed by atoms with Crippen LogP contribution in [0.4, 0.5) is 10.5 Å². The van der Waals surface area contributed by atoms with E-state index in [2.05, 4.69) is 61.0 Å². The first-order chi connectivity index (χ1) is 18.6. The van der Waals surface area contributed by atoms with Gasteiger partial charge in [0.25, 0.3) is 5.91 Å². The SMILES string of the molecule is CC(C)(C)c1ccc(CC(NC(=O)Nc2ccc3ccccc3c2)c2ccc(C(=O)NCCC(=O)O)s2)cc1. The third-order valence-electron chi connectivity index (χ3n) is 6.39. The molecule has 3 aromatic carbocycles. The zero-order valence-corrected chi connectivity index (χ0v) is 23.1. The van der Waals surface area contributed by atoms with Crippen molar-refractivity contribution in [3.63, 3.8) is 0 Å². The van der Waals surface area contributed by atoms with Crippen molar-refractivity contribution in [2.45, 2.75) is 45.1 Å². The number of thiophene rings is 1. The number of carboxylic acids is 1. The Morgan fingerprint density at radius 1 is 0.897 bits per heavy atom. The standard InChI is InChI=1S/C31H33N3O4S/c1-31(2,3)23-11-8-20(9-12-23)18-25(26-14-15-27(39-26)29(37)32-17-16-28(35)36)34-30(38)33-24-13-10-21-6-4-5-7-22(21)19-24/h4-15,19,25H,16-18H2,1-3H3,(H,32,37)(H,35,36)(H2,33,34,38). The molecule has 0 saturated carbocycles. The number of benzene rings is 3. The fraction of sp³-hybridized carbons (Fsp3) is 0.258. The lowest BCUT2D eigenvalue weighted by Gasteiger charge is -2.21. The Hall–Kier alpha value is -4.17. The summed E-state index contributed by atoms with van der Waals surface area (Å²) in [7, 11) is 0. The van der Waals surface area contributed by atoms with Gasteiger partial charge in [0.2, 0.25) is 0 Å². The van der Waals surface area contributed by atoms with Crippen LogP contribution in [0.3, 0.4) is 0 Å². The average Bonchev–Trinajstić information content (AvgIpc) is 3.38. The number of carbonyl (C=O) groups excluding carboxylic acids is 2. The highest BCUT2D eigenvalue weighted by atomic mass is 32.1. The second-order valence-electron chi connectivity index (χ2n) is 10.5. The molecule has 0 aliphatic rings. The smallest absolute Gasteiger partial charge is 0.319 e. The predicted octanol–water partition coefficient (Wildman–Crippen LogP) is 6.51. The van der Waals surface area contributed by atoms with Gasteiger partial charge in [0, 0.05) is 17.1 Å². The number of carboxylic acid groups (broad SMARTS) is 1. The highest BCUT2D eigenvalue weighted by molar-refractivity contribution is 7.14. The van der Waals surface area contributed by atoms with Crippen molar-refractivity contribution >= 4 is 45.7 Å². The quantitative estimate of drug-likeness (QED) is 0.193. The van der Waals surface area contributed by atoms with Crippen molar-refractivity contribution in [2.24, 2.45) is 0 Å². The van der Waals surface area contributed by atoms with Crippen LogP contribution in [-0.4, -0.2) is 29.6 Å². The van der Waals surface area contributed by atoms with Crippen LogP contribution in [-0.2, 0) is 16.6 Å². The second kappa shape index (κ2) is 12.1. The van der Waals surface area contributed by atoms with Crippen molar-refractivity contribution in [1.82, 2.24) is 10.6 Å². The summed E-state index contributed by atoms with van der Waals surface area (Å²) in [6.07, 6.45) is 0.393. The Bertz CT molecular complexity index is 1470. The number of carbonyl (C=O) groups is 3. The number of nitrogens with one attached hydrogen (secondary N) is 3. The van der Waals surface area contributed by atoms with Crippen molar-refractivity contribution in [3.8, 4) is 0 Å². The summed E-state index contributed by atoms with van der Waals surface area (Å²) < 4.78 is 0. The van der Waals surface area contributed by atoms with E-state index in [0.717, 1.165) is 21.2 Å². The minimum atomic E-state index is -0.971. The Morgan fingerprint density at radius 3 is 2.31 bits per heavy atom. The van der Waals surface area contributed by atoms with E-state index in [1.54, 1.807) is 6.07 Å². The molecular weight excluding hydrogens is 510 g/mol. The second-order valence-corrected chi connectivity index (χ2v) is 11.6. The van der Waals surface area contributed by atoms with Crippen LogP contribution in [0.25, 0.3) is 10.8 Å². The molecule has 1 heterocycles. The van der Waals surface area contributed by atoms with Crippen LogP contribution in [0.2, 0.25) is 0 Å². The summed E-state index contributed by atoms with van der Waals surface area (Å²) >= 11 is 1.28. The van der Waals surface area contributed by atoms with Gasteiger partial charge in [-0.15, -0.1) is 11.3 Å². The Morgan fingerprint density at radius 2 is 1.62 bits per heavy atom. The van der Waals surface area contributed by atoms with E-state index in [0.29, 0.717) is 17.0 Å². The zero-order valence-electron chi connectivity index (χ0n) is 22.3. The maximum absolute atomic E-state index is 13.1. The number of fused-ring (bicyclic) bond motifs is 1. The van der Waals surface area contributed by atoms with Crippen LogP contribution in [0, 0.1) is 0 Å². The van der Waals surface area contributed by atoms with E-state index in [9.17, 15) is 14.4 Å². The van der Waals surface area contributed by atoms with Crippen molar-refractivity contribution < 1.29 is 19.5 Å². The van der Waals surface area contributed by atoms with Gasteiger partial charge in [0.1, 0.15) is 0 Å². The molecule has 0 aliphatic carbocycles. The van der Waals surface area contributed by atoms with Crippen LogP contribution < -0.4 is 16.0 Å². The monoisotopic (exact) mass is 543 g/mol. The molecule has 4 rings (SSSR count). The predicted molar refractivity (Wildman–Crippen MR) is 157 cm³/mol. The van der Waals surface area contributed by atoms with Crippen molar-refractivity contribution in [1.29, 1.82) is 0 Å². The maximum atomic E-state index is 13.1. The number of amides is 3. The fourth-order valence-corrected chi connectivity index (χ4v) is 5.20. The van der Waals surface area contributed by atoms with E-state index in [1.807, 2.05) is 48.5 Å². The molecule has 39 heavy (non-hydrogen) atoms. The van der Waals surface area contributed by atoms with Crippen LogP contribution in [0.5, 0.6) is 0 Å². The van der Waals surface area contributed by atoms with Crippen molar-refractivity contribution in [2.75, 3.05) is 11.9 Å². The molecule has 8 heteroatoms. The fourth-order valence-electron chi connectivity index (χ4n) is 4.22. The number of rotatable bonds is 9. The molecule has 1 aromatic heterocycles. The average molecular weight is 544 g/mol. The molecule has 0 spiro atoms. The molecule has 0 radical (unpaired) electrons. The molecular formula is C31H33N3O4S. The number of hydrogen-bond donors (Lipinski definition) is 4. The number of anilines is 1. The largest absolute Gasteiger partial charge is 0.481 e. The summed E-state index contributed by atoms with van der Waals surface area (Å²) in [5, 5.41) is 19.6. The van der Waals surface area contributed by atoms with Gasteiger partial charge in [0.15, 0.2) is 0 Å². The van der Waals surface area contributed by atoms with E-state index in [4.69, 9.17) is 5.11 Å². The third-order valence-corrected chi connectivity index (χ3v) is 7.59. The number of aliphatic carboxylic acids is 1. The molecule has 1 unspecified atom stereocenters. The first kappa shape index (κ1) is 27.9. The molecule has 3 amide bonds. The lowest BCUT2D eigenvalue weighted by molar-refractivity contribution is -0.136. The summed E-state index contributed by atoms with van der Waals surface area (Å²) in [5.74, 6) is -1.30. The van der Waals surface area contributed by atoms with Gasteiger partial charge in [0.05, 0.1) is 17.3 Å². The molecule has 0 aliphatic heterocycles. The van der Waals surface area contributed by atoms with E-state index >= 15 is 0 Å². The molecule has 4 aromatic rings. The van der Waals surface area contributed by atoms with E-state index in [-0.39, 0.29) is 36.4 Å². The lowest BCUT2D eigenvalue weighted by Crippen LogP contribution is -2.33. The highest BCUT2D eigenvalue weighted by Crippen LogP contribution is 2.28. The topological polar surface area (TPSA) is 108 Å². The van der Waals surface area contributed by atoms with Gasteiger partial charge in [-0.25, -0.2) is 4.79 Å². The summed E-state index contributed by atoms with van der Waals surface area (Å²) in [6.45, 7) is 6.55. The molecule has 202 valence electrons. The number of urea groups is 1. The Kier molecular flexibility index (Phi) is 8.66. The molecule has 0 fully saturated rings. The minimum absolute atomic E-state index is 0.0343. The first-order valence-electron chi connectivity index (χ1n) is 12.8. The maximum Gasteiger partial charge on any atom is 0.319 e. The van der Waals surface area contributed by atoms with E-state index in [1.165, 1.54) is 16.9 Å². The number of hydrogen-bond acceptors (Lipinski definition) is 4. The van der Waals surface area contributed by atoms with Crippen LogP contribution in [0.1, 0.15) is 58.9 Å². The van der Waals surface area contributed by atoms with Gasteiger partial charge in [-0.2, -0.15) is 0 Å². The lowest BCUT2D eigenvalue weighted by atomic mass is 9.86. The Labute approximate surface area is 232 Å². The van der Waals surface area contributed by atoms with E-state index < -0.39 is 5.97 Å². The van der Waals surface area contributed by atoms with Gasteiger partial charge in [-0.3, -0.25) is 9.59 Å². The third kappa shape index (κ3) is 7.67. The van der Waals surface area contributed by atoms with Gasteiger partial charge in [-0.05, 0) is 58.0 Å². The molecule has 1 atom stereocenters. The zero-order chi connectivity index (χ0) is 28.0. The Balaban J connectivity index is 1.52. The minimum Gasteiger partial charge on any atom is -0.481 e. The van der Waals surface area contributed by atoms with Gasteiger partial charge >= 0.3 is 12.0 Å². The summed E-state index contributed by atoms with van der Waals surface area (Å²) in [6, 6.07) is 24.9. The molecule has 7 nitrogen and oxygen atoms in total. The van der Waals surface area contributed by atoms with Gasteiger partial charge in [-0.1, -0.05) is 75.4 Å². The first-order valence-corrected chi connectivity index (χ1v) is 13.7. The summed E-state index contributed by atoms with van der Waals surface area (Å²) in [4.78, 5) is 37.7. The van der Waals surface area contributed by atoms with Crippen LogP contribution >= 0.6 is 11.3 Å². The highest BCUT2D eigenvalue weighted by Gasteiger charge is 2.21. The normalized spacial score (nSPS) is 12.1. The molecule has 0 bridgehead atoms. The van der Waals surface area contributed by atoms with Crippen LogP contribution in [0.15, 0.2) is 78.9 Å². The molecule has 4 N–H and O–H groups in total. The summed E-state index contributed by atoms with van der Waals surface area (Å²) in [5.41, 5.74) is 3.00. The molecule has 0 saturated heterocycles. The van der Waals surface area contributed by atoms with Crippen molar-refractivity contribution in [3.05, 3.63) is 99.7 Å².